The predicted octanol–water partition coefficient (Wildman–Crippen LogP) is 4.52. The molecule has 0 aliphatic carbocycles. The van der Waals surface area contributed by atoms with Gasteiger partial charge < -0.3 is 9.84 Å². The Hall–Kier alpha value is -2.07. The summed E-state index contributed by atoms with van der Waals surface area (Å²) >= 11 is 5.78. The van der Waals surface area contributed by atoms with Gasteiger partial charge in [0.05, 0.1) is 16.8 Å². The summed E-state index contributed by atoms with van der Waals surface area (Å²) in [6, 6.07) is 8.94. The predicted molar refractivity (Wildman–Crippen MR) is 81.4 cm³/mol. The maximum Gasteiger partial charge on any atom is 0.337 e. The van der Waals surface area contributed by atoms with Crippen molar-refractivity contribution in [2.45, 2.75) is 26.2 Å². The van der Waals surface area contributed by atoms with Crippen molar-refractivity contribution in [2.75, 3.05) is 0 Å². The summed E-state index contributed by atoms with van der Waals surface area (Å²) in [4.78, 5) is 15.0. The average molecular weight is 306 g/mol. The largest absolute Gasteiger partial charge is 0.478 e. The summed E-state index contributed by atoms with van der Waals surface area (Å²) in [6.07, 6.45) is 1.27. The summed E-state index contributed by atoms with van der Waals surface area (Å²) in [5.41, 5.74) is 1.08. The van der Waals surface area contributed by atoms with Crippen LogP contribution in [0.15, 0.2) is 36.5 Å². The van der Waals surface area contributed by atoms with Crippen LogP contribution >= 0.6 is 11.6 Å². The molecule has 0 aliphatic heterocycles. The van der Waals surface area contributed by atoms with E-state index in [1.807, 2.05) is 18.2 Å². The van der Waals surface area contributed by atoms with Gasteiger partial charge in [-0.15, -0.1) is 0 Å². The van der Waals surface area contributed by atoms with E-state index in [4.69, 9.17) is 21.4 Å². The first-order valence-corrected chi connectivity index (χ1v) is 6.82. The van der Waals surface area contributed by atoms with Crippen molar-refractivity contribution in [2.24, 2.45) is 0 Å². The molecule has 0 radical (unpaired) electrons. The Labute approximate surface area is 128 Å². The standard InChI is InChI=1S/C16H16ClNO3/c1-16(2,3)10-5-4-6-11(7-10)21-14-8-12(15(19)20)13(17)9-18-14/h4-9H,1-3H3,(H,19,20). The molecule has 0 saturated heterocycles. The zero-order valence-corrected chi connectivity index (χ0v) is 12.8. The monoisotopic (exact) mass is 305 g/mol. The third-order valence-corrected chi connectivity index (χ3v) is 3.28. The van der Waals surface area contributed by atoms with Gasteiger partial charge in [-0.05, 0) is 23.1 Å². The number of hydrogen-bond donors (Lipinski definition) is 1. The van der Waals surface area contributed by atoms with Gasteiger partial charge in [0, 0.05) is 6.07 Å². The van der Waals surface area contributed by atoms with Crippen LogP contribution in [0.2, 0.25) is 5.02 Å². The lowest BCUT2D eigenvalue weighted by atomic mass is 9.87. The van der Waals surface area contributed by atoms with Crippen molar-refractivity contribution < 1.29 is 14.6 Å². The smallest absolute Gasteiger partial charge is 0.337 e. The zero-order valence-electron chi connectivity index (χ0n) is 12.1. The molecule has 5 heteroatoms. The molecule has 0 aliphatic rings. The molecule has 2 aromatic rings. The van der Waals surface area contributed by atoms with Gasteiger partial charge in [0.2, 0.25) is 5.88 Å². The van der Waals surface area contributed by atoms with Crippen LogP contribution in [0.25, 0.3) is 0 Å². The maximum atomic E-state index is 11.0. The first kappa shape index (κ1) is 15.3. The van der Waals surface area contributed by atoms with Crippen molar-refractivity contribution in [3.05, 3.63) is 52.7 Å². The number of ether oxygens (including phenoxy) is 1. The maximum absolute atomic E-state index is 11.0. The number of carboxylic acids is 1. The zero-order chi connectivity index (χ0) is 15.6. The van der Waals surface area contributed by atoms with E-state index in [1.54, 1.807) is 6.07 Å². The number of benzene rings is 1. The fraction of sp³-hybridized carbons (Fsp3) is 0.250. The summed E-state index contributed by atoms with van der Waals surface area (Å²) in [5, 5.41) is 9.12. The van der Waals surface area contributed by atoms with Gasteiger partial charge in [-0.1, -0.05) is 44.5 Å². The number of nitrogens with zero attached hydrogens (tertiary/aromatic N) is 1. The van der Waals surface area contributed by atoms with E-state index in [2.05, 4.69) is 25.8 Å². The number of hydrogen-bond acceptors (Lipinski definition) is 3. The van der Waals surface area contributed by atoms with Gasteiger partial charge in [-0.25, -0.2) is 9.78 Å². The van der Waals surface area contributed by atoms with E-state index in [1.165, 1.54) is 12.3 Å². The van der Waals surface area contributed by atoms with Crippen LogP contribution in [-0.2, 0) is 5.41 Å². The summed E-state index contributed by atoms with van der Waals surface area (Å²) in [6.45, 7) is 6.32. The Morgan fingerprint density at radius 2 is 2.00 bits per heavy atom. The molecule has 21 heavy (non-hydrogen) atoms. The van der Waals surface area contributed by atoms with Gasteiger partial charge >= 0.3 is 5.97 Å². The summed E-state index contributed by atoms with van der Waals surface area (Å²) in [7, 11) is 0. The van der Waals surface area contributed by atoms with E-state index in [9.17, 15) is 4.79 Å². The third-order valence-electron chi connectivity index (χ3n) is 2.98. The number of carboxylic acid groups (broad SMARTS) is 1. The highest BCUT2D eigenvalue weighted by Crippen LogP contribution is 2.28. The van der Waals surface area contributed by atoms with Crippen molar-refractivity contribution in [3.8, 4) is 11.6 Å². The van der Waals surface area contributed by atoms with Crippen LogP contribution in [0.3, 0.4) is 0 Å². The van der Waals surface area contributed by atoms with Crippen LogP contribution in [0, 0.1) is 0 Å². The first-order chi connectivity index (χ1) is 9.77. The highest BCUT2D eigenvalue weighted by Gasteiger charge is 2.15. The Morgan fingerprint density at radius 1 is 1.29 bits per heavy atom. The Morgan fingerprint density at radius 3 is 2.62 bits per heavy atom. The molecule has 1 N–H and O–H groups in total. The van der Waals surface area contributed by atoms with Gasteiger partial charge in [0.15, 0.2) is 0 Å². The molecule has 0 saturated carbocycles. The second-order valence-electron chi connectivity index (χ2n) is 5.69. The minimum Gasteiger partial charge on any atom is -0.478 e. The molecule has 2 rings (SSSR count). The molecule has 0 fully saturated rings. The molecular formula is C16H16ClNO3. The normalized spacial score (nSPS) is 11.2. The van der Waals surface area contributed by atoms with Crippen molar-refractivity contribution in [3.63, 3.8) is 0 Å². The fourth-order valence-corrected chi connectivity index (χ4v) is 1.97. The minimum absolute atomic E-state index is 0.000973. The Kier molecular flexibility index (Phi) is 4.19. The third kappa shape index (κ3) is 3.73. The number of halogens is 1. The van der Waals surface area contributed by atoms with E-state index in [0.29, 0.717) is 5.75 Å². The summed E-state index contributed by atoms with van der Waals surface area (Å²) < 4.78 is 5.63. The van der Waals surface area contributed by atoms with E-state index >= 15 is 0 Å². The van der Waals surface area contributed by atoms with Crippen molar-refractivity contribution in [1.82, 2.24) is 4.98 Å². The van der Waals surface area contributed by atoms with Crippen molar-refractivity contribution in [1.29, 1.82) is 0 Å². The topological polar surface area (TPSA) is 59.4 Å². The molecular weight excluding hydrogens is 290 g/mol. The lowest BCUT2D eigenvalue weighted by Crippen LogP contribution is -2.10. The molecule has 0 amide bonds. The second-order valence-corrected chi connectivity index (χ2v) is 6.09. The van der Waals surface area contributed by atoms with E-state index < -0.39 is 5.97 Å². The number of rotatable bonds is 3. The number of pyridine rings is 1. The fourth-order valence-electron chi connectivity index (χ4n) is 1.79. The van der Waals surface area contributed by atoms with Gasteiger partial charge in [0.25, 0.3) is 0 Å². The number of aromatic nitrogens is 1. The molecule has 0 unspecified atom stereocenters. The SMILES string of the molecule is CC(C)(C)c1cccc(Oc2cc(C(=O)O)c(Cl)cn2)c1. The van der Waals surface area contributed by atoms with Gasteiger partial charge in [-0.2, -0.15) is 0 Å². The van der Waals surface area contributed by atoms with Gasteiger partial charge in [0.1, 0.15) is 5.75 Å². The van der Waals surface area contributed by atoms with Crippen LogP contribution in [0.5, 0.6) is 11.6 Å². The molecule has 0 atom stereocenters. The lowest BCUT2D eigenvalue weighted by Gasteiger charge is -2.19. The van der Waals surface area contributed by atoms with Crippen LogP contribution in [0.4, 0.5) is 0 Å². The van der Waals surface area contributed by atoms with Gasteiger partial charge in [-0.3, -0.25) is 0 Å². The van der Waals surface area contributed by atoms with Crippen molar-refractivity contribution >= 4 is 17.6 Å². The van der Waals surface area contributed by atoms with E-state index in [0.717, 1.165) is 5.56 Å². The molecule has 1 aromatic heterocycles. The summed E-state index contributed by atoms with van der Waals surface area (Å²) in [5.74, 6) is -0.313. The molecule has 0 spiro atoms. The Balaban J connectivity index is 2.31. The first-order valence-electron chi connectivity index (χ1n) is 6.44. The average Bonchev–Trinajstić information content (AvgIpc) is 2.40. The molecule has 0 bridgehead atoms. The van der Waals surface area contributed by atoms with Crippen LogP contribution in [-0.4, -0.2) is 16.1 Å². The number of carbonyl (C=O) groups is 1. The molecule has 1 aromatic carbocycles. The highest BCUT2D eigenvalue weighted by molar-refractivity contribution is 6.33. The van der Waals surface area contributed by atoms with Crippen LogP contribution < -0.4 is 4.74 Å². The highest BCUT2D eigenvalue weighted by atomic mass is 35.5. The molecule has 110 valence electrons. The van der Waals surface area contributed by atoms with Crippen LogP contribution in [0.1, 0.15) is 36.7 Å². The second kappa shape index (κ2) is 5.74. The lowest BCUT2D eigenvalue weighted by molar-refractivity contribution is 0.0696. The Bertz CT molecular complexity index is 677. The minimum atomic E-state index is -1.12. The van der Waals surface area contributed by atoms with E-state index in [-0.39, 0.29) is 21.9 Å². The molecule has 4 nitrogen and oxygen atoms in total. The quantitative estimate of drug-likeness (QED) is 0.905. The molecule has 1 heterocycles. The number of aromatic carboxylic acids is 1.